The van der Waals surface area contributed by atoms with Crippen LogP contribution in [-0.4, -0.2) is 20.7 Å². The van der Waals surface area contributed by atoms with Crippen molar-refractivity contribution in [2.45, 2.75) is 6.54 Å². The third-order valence-corrected chi connectivity index (χ3v) is 2.28. The Labute approximate surface area is 98.5 Å². The van der Waals surface area contributed by atoms with E-state index in [1.54, 1.807) is 23.0 Å². The zero-order valence-corrected chi connectivity index (χ0v) is 9.42. The van der Waals surface area contributed by atoms with E-state index < -0.39 is 5.91 Å². The molecule has 17 heavy (non-hydrogen) atoms. The molecule has 3 N–H and O–H groups in total. The Balaban J connectivity index is 2.11. The first-order valence-electron chi connectivity index (χ1n) is 5.14. The van der Waals surface area contributed by atoms with Crippen molar-refractivity contribution in [3.63, 3.8) is 0 Å². The maximum atomic E-state index is 11.2. The van der Waals surface area contributed by atoms with Crippen molar-refractivity contribution in [1.29, 1.82) is 0 Å². The van der Waals surface area contributed by atoms with Gasteiger partial charge in [0, 0.05) is 19.4 Å². The standard InChI is InChI=1S/C11H13N5O/c1-16-6-4-8(15-16)7-14-11-9(10(12)17)3-2-5-13-11/h2-6H,7H2,1H3,(H2,12,17)(H,13,14). The van der Waals surface area contributed by atoms with Crippen LogP contribution in [0, 0.1) is 0 Å². The fourth-order valence-corrected chi connectivity index (χ4v) is 1.48. The molecule has 0 saturated heterocycles. The van der Waals surface area contributed by atoms with Crippen molar-refractivity contribution in [2.75, 3.05) is 5.32 Å². The largest absolute Gasteiger partial charge is 0.365 e. The molecule has 0 radical (unpaired) electrons. The van der Waals surface area contributed by atoms with Gasteiger partial charge in [0.15, 0.2) is 0 Å². The van der Waals surface area contributed by atoms with Crippen LogP contribution in [-0.2, 0) is 13.6 Å². The van der Waals surface area contributed by atoms with Gasteiger partial charge in [0.05, 0.1) is 17.8 Å². The molecule has 6 nitrogen and oxygen atoms in total. The molecule has 0 atom stereocenters. The van der Waals surface area contributed by atoms with Gasteiger partial charge in [0.2, 0.25) is 0 Å². The summed E-state index contributed by atoms with van der Waals surface area (Å²) in [6, 6.07) is 5.20. The minimum Gasteiger partial charge on any atom is -0.365 e. The Morgan fingerprint density at radius 1 is 1.53 bits per heavy atom. The number of carbonyl (C=O) groups excluding carboxylic acids is 1. The van der Waals surface area contributed by atoms with Gasteiger partial charge in [0.1, 0.15) is 5.82 Å². The summed E-state index contributed by atoms with van der Waals surface area (Å²) in [5.41, 5.74) is 6.50. The summed E-state index contributed by atoms with van der Waals surface area (Å²) >= 11 is 0. The molecule has 6 heteroatoms. The summed E-state index contributed by atoms with van der Waals surface area (Å²) in [5.74, 6) is -0.0210. The second-order valence-electron chi connectivity index (χ2n) is 3.60. The highest BCUT2D eigenvalue weighted by Gasteiger charge is 2.08. The lowest BCUT2D eigenvalue weighted by Gasteiger charge is -2.06. The van der Waals surface area contributed by atoms with Gasteiger partial charge in [-0.05, 0) is 18.2 Å². The second kappa shape index (κ2) is 4.65. The summed E-state index contributed by atoms with van der Waals surface area (Å²) in [4.78, 5) is 15.2. The van der Waals surface area contributed by atoms with Crippen LogP contribution in [0.15, 0.2) is 30.6 Å². The monoisotopic (exact) mass is 231 g/mol. The molecule has 0 aromatic carbocycles. The van der Waals surface area contributed by atoms with Crippen molar-refractivity contribution in [3.8, 4) is 0 Å². The lowest BCUT2D eigenvalue weighted by atomic mass is 10.2. The number of carbonyl (C=O) groups is 1. The Hall–Kier alpha value is -2.37. The highest BCUT2D eigenvalue weighted by atomic mass is 16.1. The van der Waals surface area contributed by atoms with Crippen molar-refractivity contribution < 1.29 is 4.79 Å². The lowest BCUT2D eigenvalue weighted by molar-refractivity contribution is 0.100. The third kappa shape index (κ3) is 2.60. The molecule has 0 aliphatic heterocycles. The van der Waals surface area contributed by atoms with E-state index in [9.17, 15) is 4.79 Å². The maximum absolute atomic E-state index is 11.2. The quantitative estimate of drug-likeness (QED) is 0.803. The van der Waals surface area contributed by atoms with E-state index in [1.807, 2.05) is 19.3 Å². The molecular weight excluding hydrogens is 218 g/mol. The number of aromatic nitrogens is 3. The summed E-state index contributed by atoms with van der Waals surface area (Å²) in [5, 5.41) is 7.25. The topological polar surface area (TPSA) is 85.8 Å². The Morgan fingerprint density at radius 2 is 2.35 bits per heavy atom. The Kier molecular flexibility index (Phi) is 3.04. The molecule has 1 amide bonds. The van der Waals surface area contributed by atoms with Crippen LogP contribution in [0.2, 0.25) is 0 Å². The van der Waals surface area contributed by atoms with E-state index in [1.165, 1.54) is 0 Å². The Bertz CT molecular complexity index is 534. The molecule has 0 aliphatic carbocycles. The molecule has 0 aliphatic rings. The van der Waals surface area contributed by atoms with Crippen LogP contribution in [0.3, 0.4) is 0 Å². The van der Waals surface area contributed by atoms with Crippen molar-refractivity contribution in [3.05, 3.63) is 41.9 Å². The number of hydrogen-bond acceptors (Lipinski definition) is 4. The normalized spacial score (nSPS) is 10.2. The van der Waals surface area contributed by atoms with E-state index >= 15 is 0 Å². The van der Waals surface area contributed by atoms with E-state index in [0.29, 0.717) is 17.9 Å². The van der Waals surface area contributed by atoms with Gasteiger partial charge in [-0.15, -0.1) is 0 Å². The molecule has 2 heterocycles. The van der Waals surface area contributed by atoms with Gasteiger partial charge < -0.3 is 11.1 Å². The van der Waals surface area contributed by atoms with Crippen LogP contribution in [0.25, 0.3) is 0 Å². The van der Waals surface area contributed by atoms with Crippen molar-refractivity contribution in [1.82, 2.24) is 14.8 Å². The molecule has 2 aromatic heterocycles. The van der Waals surface area contributed by atoms with E-state index in [0.717, 1.165) is 5.69 Å². The predicted octanol–water partition coefficient (Wildman–Crippen LogP) is 0.526. The fraction of sp³-hybridized carbons (Fsp3) is 0.182. The first-order valence-corrected chi connectivity index (χ1v) is 5.14. The molecule has 88 valence electrons. The summed E-state index contributed by atoms with van der Waals surface area (Å²) in [6.07, 6.45) is 3.46. The lowest BCUT2D eigenvalue weighted by Crippen LogP contribution is -2.15. The van der Waals surface area contributed by atoms with E-state index in [2.05, 4.69) is 15.4 Å². The number of rotatable bonds is 4. The number of nitrogens with zero attached hydrogens (tertiary/aromatic N) is 3. The first kappa shape index (κ1) is 11.1. The molecule has 0 bridgehead atoms. The number of nitrogens with one attached hydrogen (secondary N) is 1. The van der Waals surface area contributed by atoms with Gasteiger partial charge in [-0.25, -0.2) is 4.98 Å². The molecule has 0 spiro atoms. The minimum atomic E-state index is -0.498. The van der Waals surface area contributed by atoms with E-state index in [4.69, 9.17) is 5.73 Å². The summed E-state index contributed by atoms with van der Waals surface area (Å²) < 4.78 is 1.71. The zero-order valence-electron chi connectivity index (χ0n) is 9.42. The van der Waals surface area contributed by atoms with Gasteiger partial charge in [-0.1, -0.05) is 0 Å². The second-order valence-corrected chi connectivity index (χ2v) is 3.60. The number of primary amides is 1. The molecule has 0 fully saturated rings. The smallest absolute Gasteiger partial charge is 0.252 e. The van der Waals surface area contributed by atoms with Crippen LogP contribution in [0.4, 0.5) is 5.82 Å². The van der Waals surface area contributed by atoms with Crippen LogP contribution in [0.5, 0.6) is 0 Å². The number of hydrogen-bond donors (Lipinski definition) is 2. The number of anilines is 1. The van der Waals surface area contributed by atoms with Gasteiger partial charge in [-0.3, -0.25) is 9.48 Å². The fourth-order valence-electron chi connectivity index (χ4n) is 1.48. The van der Waals surface area contributed by atoms with E-state index in [-0.39, 0.29) is 0 Å². The SMILES string of the molecule is Cn1ccc(CNc2ncccc2C(N)=O)n1. The van der Waals surface area contributed by atoms with Crippen molar-refractivity contribution in [2.24, 2.45) is 12.8 Å². The molecule has 2 rings (SSSR count). The molecule has 0 saturated carbocycles. The Morgan fingerprint density at radius 3 is 3.00 bits per heavy atom. The van der Waals surface area contributed by atoms with Crippen molar-refractivity contribution >= 4 is 11.7 Å². The highest BCUT2D eigenvalue weighted by Crippen LogP contribution is 2.11. The van der Waals surface area contributed by atoms with Gasteiger partial charge >= 0.3 is 0 Å². The summed E-state index contributed by atoms with van der Waals surface area (Å²) in [7, 11) is 1.85. The van der Waals surface area contributed by atoms with Crippen LogP contribution < -0.4 is 11.1 Å². The zero-order chi connectivity index (χ0) is 12.3. The van der Waals surface area contributed by atoms with Gasteiger partial charge in [-0.2, -0.15) is 5.10 Å². The third-order valence-electron chi connectivity index (χ3n) is 2.28. The number of pyridine rings is 1. The molecule has 0 unspecified atom stereocenters. The van der Waals surface area contributed by atoms with Gasteiger partial charge in [0.25, 0.3) is 5.91 Å². The minimum absolute atomic E-state index is 0.378. The number of amides is 1. The average Bonchev–Trinajstić information content (AvgIpc) is 2.73. The molecular formula is C11H13N5O. The maximum Gasteiger partial charge on any atom is 0.252 e. The predicted molar refractivity (Wildman–Crippen MR) is 63.3 cm³/mol. The average molecular weight is 231 g/mol. The first-order chi connectivity index (χ1) is 8.16. The number of nitrogens with two attached hydrogens (primary N) is 1. The molecule has 2 aromatic rings. The number of aryl methyl sites for hydroxylation is 1. The summed E-state index contributed by atoms with van der Waals surface area (Å²) in [6.45, 7) is 0.498. The van der Waals surface area contributed by atoms with Crippen LogP contribution in [0.1, 0.15) is 16.1 Å². The highest BCUT2D eigenvalue weighted by molar-refractivity contribution is 5.97. The van der Waals surface area contributed by atoms with Crippen LogP contribution >= 0.6 is 0 Å².